The summed E-state index contributed by atoms with van der Waals surface area (Å²) in [5.41, 5.74) is -0.302. The third-order valence-electron chi connectivity index (χ3n) is 3.48. The minimum absolute atomic E-state index is 0.106. The van der Waals surface area contributed by atoms with E-state index in [-0.39, 0.29) is 11.3 Å². The topological polar surface area (TPSA) is 40.5 Å². The van der Waals surface area contributed by atoms with E-state index in [1.54, 1.807) is 0 Å². The summed E-state index contributed by atoms with van der Waals surface area (Å²) in [6.07, 6.45) is 5.43. The average molecular weight is 186 g/mol. The van der Waals surface area contributed by atoms with E-state index in [9.17, 15) is 10.2 Å². The van der Waals surface area contributed by atoms with Crippen LogP contribution in [0.15, 0.2) is 0 Å². The van der Waals surface area contributed by atoms with Crippen LogP contribution in [0.25, 0.3) is 0 Å². The Morgan fingerprint density at radius 3 is 2.23 bits per heavy atom. The lowest BCUT2D eigenvalue weighted by atomic mass is 9.57. The molecule has 1 aliphatic carbocycles. The van der Waals surface area contributed by atoms with Crippen LogP contribution < -0.4 is 0 Å². The second-order valence-corrected chi connectivity index (χ2v) is 5.01. The zero-order valence-corrected chi connectivity index (χ0v) is 9.01. The van der Waals surface area contributed by atoms with Crippen LogP contribution in [0.5, 0.6) is 0 Å². The van der Waals surface area contributed by atoms with Gasteiger partial charge in [0.1, 0.15) is 0 Å². The quantitative estimate of drug-likeness (QED) is 0.522. The van der Waals surface area contributed by atoms with Crippen molar-refractivity contribution >= 4 is 0 Å². The van der Waals surface area contributed by atoms with Crippen molar-refractivity contribution in [1.29, 1.82) is 0 Å². The van der Waals surface area contributed by atoms with Gasteiger partial charge in [0.15, 0.2) is 5.79 Å². The highest BCUT2D eigenvalue weighted by Crippen LogP contribution is 2.53. The van der Waals surface area contributed by atoms with Gasteiger partial charge in [0.05, 0.1) is 0 Å². The van der Waals surface area contributed by atoms with E-state index in [1.807, 2.05) is 13.8 Å². The summed E-state index contributed by atoms with van der Waals surface area (Å²) in [6, 6.07) is 0. The summed E-state index contributed by atoms with van der Waals surface area (Å²) < 4.78 is 0. The summed E-state index contributed by atoms with van der Waals surface area (Å²) in [7, 11) is 0. The molecule has 13 heavy (non-hydrogen) atoms. The third-order valence-corrected chi connectivity index (χ3v) is 3.48. The van der Waals surface area contributed by atoms with Crippen molar-refractivity contribution in [3.8, 4) is 0 Å². The van der Waals surface area contributed by atoms with Crippen LogP contribution in [-0.2, 0) is 0 Å². The molecule has 1 saturated carbocycles. The zero-order valence-electron chi connectivity index (χ0n) is 9.01. The molecule has 0 bridgehead atoms. The maximum atomic E-state index is 9.76. The second-order valence-electron chi connectivity index (χ2n) is 5.01. The molecule has 0 saturated heterocycles. The number of aliphatic hydroxyl groups is 2. The molecule has 0 amide bonds. The van der Waals surface area contributed by atoms with Gasteiger partial charge in [-0.1, -0.05) is 40.0 Å². The predicted molar refractivity (Wildman–Crippen MR) is 53.2 cm³/mol. The van der Waals surface area contributed by atoms with Crippen molar-refractivity contribution in [3.05, 3.63) is 0 Å². The van der Waals surface area contributed by atoms with Crippen molar-refractivity contribution in [2.24, 2.45) is 11.3 Å². The van der Waals surface area contributed by atoms with Gasteiger partial charge in [0, 0.05) is 11.3 Å². The molecule has 0 spiro atoms. The molecule has 0 aromatic carbocycles. The highest BCUT2D eigenvalue weighted by atomic mass is 16.5. The standard InChI is InChI=1S/C11H22O2/c1-4-5-6-7-9-8-10(2,3)11(9,12)13/h9,12-13H,4-8H2,1-3H3. The van der Waals surface area contributed by atoms with Gasteiger partial charge in [-0.2, -0.15) is 0 Å². The number of rotatable bonds is 4. The molecular formula is C11H22O2. The van der Waals surface area contributed by atoms with Gasteiger partial charge in [-0.3, -0.25) is 0 Å². The van der Waals surface area contributed by atoms with E-state index in [2.05, 4.69) is 6.92 Å². The third kappa shape index (κ3) is 1.89. The van der Waals surface area contributed by atoms with Crippen LogP contribution in [0.3, 0.4) is 0 Å². The minimum atomic E-state index is -1.42. The molecule has 2 heteroatoms. The van der Waals surface area contributed by atoms with E-state index < -0.39 is 5.79 Å². The first-order valence-corrected chi connectivity index (χ1v) is 5.36. The zero-order chi connectivity index (χ0) is 10.1. The van der Waals surface area contributed by atoms with Gasteiger partial charge in [0.25, 0.3) is 0 Å². The van der Waals surface area contributed by atoms with Crippen molar-refractivity contribution < 1.29 is 10.2 Å². The minimum Gasteiger partial charge on any atom is -0.365 e. The highest BCUT2D eigenvalue weighted by Gasteiger charge is 2.58. The molecular weight excluding hydrogens is 164 g/mol. The van der Waals surface area contributed by atoms with E-state index in [1.165, 1.54) is 12.8 Å². The molecule has 0 aromatic rings. The Morgan fingerprint density at radius 2 is 1.85 bits per heavy atom. The van der Waals surface area contributed by atoms with Crippen LogP contribution in [-0.4, -0.2) is 16.0 Å². The van der Waals surface area contributed by atoms with Gasteiger partial charge < -0.3 is 10.2 Å². The van der Waals surface area contributed by atoms with Gasteiger partial charge >= 0.3 is 0 Å². The Labute approximate surface area is 81.0 Å². The maximum absolute atomic E-state index is 9.76. The molecule has 1 rings (SSSR count). The number of unbranched alkanes of at least 4 members (excludes halogenated alkanes) is 2. The summed E-state index contributed by atoms with van der Waals surface area (Å²) in [4.78, 5) is 0. The summed E-state index contributed by atoms with van der Waals surface area (Å²) in [5.74, 6) is -1.31. The van der Waals surface area contributed by atoms with E-state index in [0.29, 0.717) is 0 Å². The molecule has 2 N–H and O–H groups in total. The van der Waals surface area contributed by atoms with E-state index in [4.69, 9.17) is 0 Å². The fourth-order valence-corrected chi connectivity index (χ4v) is 2.27. The van der Waals surface area contributed by atoms with Gasteiger partial charge in [0.2, 0.25) is 0 Å². The SMILES string of the molecule is CCCCCC1CC(C)(C)C1(O)O. The molecule has 0 radical (unpaired) electrons. The molecule has 2 nitrogen and oxygen atoms in total. The molecule has 0 aromatic heterocycles. The van der Waals surface area contributed by atoms with Crippen molar-refractivity contribution in [1.82, 2.24) is 0 Å². The molecule has 78 valence electrons. The lowest BCUT2D eigenvalue weighted by Gasteiger charge is -2.55. The average Bonchev–Trinajstić information content (AvgIpc) is 2.03. The van der Waals surface area contributed by atoms with Crippen LogP contribution >= 0.6 is 0 Å². The van der Waals surface area contributed by atoms with Crippen LogP contribution in [0.1, 0.15) is 52.9 Å². The first kappa shape index (κ1) is 11.0. The Bertz CT molecular complexity index is 173. The fraction of sp³-hybridized carbons (Fsp3) is 1.00. The molecule has 0 heterocycles. The predicted octanol–water partition coefficient (Wildman–Crippen LogP) is 2.29. The number of hydrogen-bond acceptors (Lipinski definition) is 2. The summed E-state index contributed by atoms with van der Waals surface area (Å²) in [6.45, 7) is 6.00. The largest absolute Gasteiger partial charge is 0.365 e. The molecule has 1 atom stereocenters. The lowest BCUT2D eigenvalue weighted by Crippen LogP contribution is -2.61. The van der Waals surface area contributed by atoms with Gasteiger partial charge in [-0.05, 0) is 12.8 Å². The van der Waals surface area contributed by atoms with E-state index in [0.717, 1.165) is 19.3 Å². The monoisotopic (exact) mass is 186 g/mol. The normalized spacial score (nSPS) is 29.8. The fourth-order valence-electron chi connectivity index (χ4n) is 2.27. The lowest BCUT2D eigenvalue weighted by molar-refractivity contribution is -0.333. The molecule has 1 aliphatic rings. The van der Waals surface area contributed by atoms with Crippen LogP contribution in [0.4, 0.5) is 0 Å². The second kappa shape index (κ2) is 3.58. The molecule has 1 unspecified atom stereocenters. The Morgan fingerprint density at radius 1 is 1.23 bits per heavy atom. The number of hydrogen-bond donors (Lipinski definition) is 2. The first-order valence-electron chi connectivity index (χ1n) is 5.36. The van der Waals surface area contributed by atoms with Crippen molar-refractivity contribution in [2.45, 2.75) is 58.7 Å². The van der Waals surface area contributed by atoms with Gasteiger partial charge in [-0.15, -0.1) is 0 Å². The smallest absolute Gasteiger partial charge is 0.170 e. The summed E-state index contributed by atoms with van der Waals surface area (Å²) >= 11 is 0. The Kier molecular flexibility index (Phi) is 3.03. The molecule has 1 fully saturated rings. The summed E-state index contributed by atoms with van der Waals surface area (Å²) in [5, 5.41) is 19.5. The van der Waals surface area contributed by atoms with E-state index >= 15 is 0 Å². The van der Waals surface area contributed by atoms with Gasteiger partial charge in [-0.25, -0.2) is 0 Å². The van der Waals surface area contributed by atoms with Crippen LogP contribution in [0.2, 0.25) is 0 Å². The Balaban J connectivity index is 2.32. The first-order chi connectivity index (χ1) is 5.92. The maximum Gasteiger partial charge on any atom is 0.170 e. The molecule has 0 aliphatic heterocycles. The highest BCUT2D eigenvalue weighted by molar-refractivity contribution is 5.01. The van der Waals surface area contributed by atoms with Crippen LogP contribution in [0, 0.1) is 11.3 Å². The van der Waals surface area contributed by atoms with Crippen molar-refractivity contribution in [2.75, 3.05) is 0 Å². The van der Waals surface area contributed by atoms with Crippen molar-refractivity contribution in [3.63, 3.8) is 0 Å². The Hall–Kier alpha value is -0.0800.